The van der Waals surface area contributed by atoms with E-state index in [1.807, 2.05) is 30.0 Å². The SMILES string of the molecule is COc1ccc2ncc(F)c(CCN3CCC(Nc4ccc5c(n4)NCCS5)CC3)c2c1.Cl.Cl. The van der Waals surface area contributed by atoms with Crippen LogP contribution in [0.15, 0.2) is 41.4 Å². The first-order chi connectivity index (χ1) is 15.7. The van der Waals surface area contributed by atoms with Crippen molar-refractivity contribution in [3.8, 4) is 5.75 Å². The molecule has 0 atom stereocenters. The number of ether oxygens (including phenoxy) is 1. The zero-order chi connectivity index (χ0) is 21.9. The summed E-state index contributed by atoms with van der Waals surface area (Å²) in [5, 5.41) is 7.82. The van der Waals surface area contributed by atoms with Crippen molar-refractivity contribution in [3.63, 3.8) is 0 Å². The lowest BCUT2D eigenvalue weighted by atomic mass is 10.0. The standard InChI is InChI=1S/C24H28FN5OS.2ClH/c1-31-17-2-3-21-19(14-17)18(20(25)15-27-21)8-12-30-10-6-16(7-11-30)28-23-5-4-22-24(29-23)26-9-13-32-22;;/h2-5,14-16H,6-13H2,1H3,(H2,26,28,29);2*1H. The number of anilines is 2. The predicted molar refractivity (Wildman–Crippen MR) is 143 cm³/mol. The average molecular weight is 527 g/mol. The Morgan fingerprint density at radius 1 is 1.21 bits per heavy atom. The fourth-order valence-electron chi connectivity index (χ4n) is 4.46. The van der Waals surface area contributed by atoms with Gasteiger partial charge in [0.05, 0.1) is 18.8 Å². The fourth-order valence-corrected chi connectivity index (χ4v) is 5.31. The maximum Gasteiger partial charge on any atom is 0.145 e. The highest BCUT2D eigenvalue weighted by atomic mass is 35.5. The minimum Gasteiger partial charge on any atom is -0.497 e. The third-order valence-corrected chi connectivity index (χ3v) is 7.31. The number of halogens is 3. The summed E-state index contributed by atoms with van der Waals surface area (Å²) in [5.41, 5.74) is 1.52. The first kappa shape index (κ1) is 26.6. The van der Waals surface area contributed by atoms with E-state index in [-0.39, 0.29) is 30.6 Å². The molecule has 4 heterocycles. The van der Waals surface area contributed by atoms with Gasteiger partial charge in [0.25, 0.3) is 0 Å². The van der Waals surface area contributed by atoms with E-state index in [0.29, 0.717) is 12.5 Å². The second-order valence-electron chi connectivity index (χ2n) is 8.30. The number of nitrogens with zero attached hydrogens (tertiary/aromatic N) is 3. The molecular formula is C24H30Cl2FN5OS. The molecule has 2 aliphatic rings. The topological polar surface area (TPSA) is 62.3 Å². The average Bonchev–Trinajstić information content (AvgIpc) is 2.84. The van der Waals surface area contributed by atoms with Gasteiger partial charge in [-0.2, -0.15) is 0 Å². The Kier molecular flexibility index (Phi) is 9.47. The normalized spacial score (nSPS) is 16.1. The van der Waals surface area contributed by atoms with Crippen molar-refractivity contribution >= 4 is 59.1 Å². The number of pyridine rings is 2. The third-order valence-electron chi connectivity index (χ3n) is 6.26. The van der Waals surface area contributed by atoms with Crippen molar-refractivity contribution in [3.05, 3.63) is 47.9 Å². The van der Waals surface area contributed by atoms with Crippen LogP contribution in [0.25, 0.3) is 10.9 Å². The van der Waals surface area contributed by atoms with E-state index in [2.05, 4.69) is 32.7 Å². The van der Waals surface area contributed by atoms with Crippen LogP contribution in [-0.4, -0.2) is 60.0 Å². The Hall–Kier alpha value is -2.00. The Bertz CT molecular complexity index is 1110. The molecule has 3 aromatic rings. The van der Waals surface area contributed by atoms with Crippen molar-refractivity contribution in [1.82, 2.24) is 14.9 Å². The van der Waals surface area contributed by atoms with Gasteiger partial charge >= 0.3 is 0 Å². The van der Waals surface area contributed by atoms with E-state index in [1.165, 1.54) is 11.1 Å². The number of rotatable bonds is 6. The van der Waals surface area contributed by atoms with Gasteiger partial charge in [0.2, 0.25) is 0 Å². The molecule has 1 fully saturated rings. The zero-order valence-electron chi connectivity index (χ0n) is 19.1. The first-order valence-corrected chi connectivity index (χ1v) is 12.2. The maximum atomic E-state index is 14.6. The number of piperidine rings is 1. The van der Waals surface area contributed by atoms with Crippen molar-refractivity contribution in [2.24, 2.45) is 0 Å². The van der Waals surface area contributed by atoms with Crippen LogP contribution in [0.4, 0.5) is 16.0 Å². The summed E-state index contributed by atoms with van der Waals surface area (Å²) in [5.74, 6) is 3.51. The summed E-state index contributed by atoms with van der Waals surface area (Å²) >= 11 is 1.85. The molecule has 34 heavy (non-hydrogen) atoms. The monoisotopic (exact) mass is 525 g/mol. The second kappa shape index (κ2) is 12.1. The van der Waals surface area contributed by atoms with Gasteiger partial charge in [-0.25, -0.2) is 9.37 Å². The number of nitrogens with one attached hydrogen (secondary N) is 2. The lowest BCUT2D eigenvalue weighted by Gasteiger charge is -2.33. The largest absolute Gasteiger partial charge is 0.497 e. The first-order valence-electron chi connectivity index (χ1n) is 11.2. The Morgan fingerprint density at radius 2 is 2.03 bits per heavy atom. The number of methoxy groups -OCH3 is 1. The van der Waals surface area contributed by atoms with Crippen molar-refractivity contribution < 1.29 is 9.13 Å². The maximum absolute atomic E-state index is 14.6. The number of thioether (sulfide) groups is 1. The molecule has 2 aromatic heterocycles. The van der Waals surface area contributed by atoms with E-state index in [1.54, 1.807) is 7.11 Å². The van der Waals surface area contributed by atoms with E-state index in [0.717, 1.165) is 78.6 Å². The van der Waals surface area contributed by atoms with Gasteiger partial charge in [0.15, 0.2) is 0 Å². The lowest BCUT2D eigenvalue weighted by Crippen LogP contribution is -2.40. The minimum absolute atomic E-state index is 0. The molecule has 0 spiro atoms. The predicted octanol–water partition coefficient (Wildman–Crippen LogP) is 5.26. The summed E-state index contributed by atoms with van der Waals surface area (Å²) in [6.45, 7) is 3.78. The number of likely N-dealkylation sites (tertiary alicyclic amines) is 1. The van der Waals surface area contributed by atoms with Crippen LogP contribution in [0, 0.1) is 5.82 Å². The Labute approximate surface area is 216 Å². The molecule has 0 saturated carbocycles. The van der Waals surface area contributed by atoms with Crippen LogP contribution in [0.2, 0.25) is 0 Å². The molecule has 5 rings (SSSR count). The molecule has 0 aliphatic carbocycles. The second-order valence-corrected chi connectivity index (χ2v) is 9.43. The van der Waals surface area contributed by atoms with Gasteiger partial charge in [-0.15, -0.1) is 36.6 Å². The quantitative estimate of drug-likeness (QED) is 0.455. The van der Waals surface area contributed by atoms with Crippen LogP contribution in [0.5, 0.6) is 5.75 Å². The Morgan fingerprint density at radius 3 is 2.82 bits per heavy atom. The molecule has 0 amide bonds. The van der Waals surface area contributed by atoms with Crippen molar-refractivity contribution in [2.45, 2.75) is 30.2 Å². The summed E-state index contributed by atoms with van der Waals surface area (Å²) in [7, 11) is 1.63. The van der Waals surface area contributed by atoms with Crippen LogP contribution < -0.4 is 15.4 Å². The minimum atomic E-state index is -0.243. The Balaban J connectivity index is 0.00000162. The molecule has 0 unspecified atom stereocenters. The van der Waals surface area contributed by atoms with E-state index in [4.69, 9.17) is 9.72 Å². The molecule has 10 heteroatoms. The number of hydrogen-bond donors (Lipinski definition) is 2. The van der Waals surface area contributed by atoms with Gasteiger partial charge in [0, 0.05) is 53.8 Å². The van der Waals surface area contributed by atoms with Gasteiger partial charge in [-0.05, 0) is 49.6 Å². The number of benzene rings is 1. The number of hydrogen-bond acceptors (Lipinski definition) is 7. The number of fused-ring (bicyclic) bond motifs is 2. The van der Waals surface area contributed by atoms with E-state index >= 15 is 0 Å². The summed E-state index contributed by atoms with van der Waals surface area (Å²) in [6.07, 6.45) is 4.09. The number of aromatic nitrogens is 2. The molecule has 1 aromatic carbocycles. The van der Waals surface area contributed by atoms with Crippen molar-refractivity contribution in [2.75, 3.05) is 49.7 Å². The highest BCUT2D eigenvalue weighted by Gasteiger charge is 2.21. The molecular weight excluding hydrogens is 496 g/mol. The summed E-state index contributed by atoms with van der Waals surface area (Å²) in [6, 6.07) is 10.3. The molecule has 184 valence electrons. The highest BCUT2D eigenvalue weighted by Crippen LogP contribution is 2.31. The highest BCUT2D eigenvalue weighted by molar-refractivity contribution is 7.99. The van der Waals surface area contributed by atoms with E-state index < -0.39 is 0 Å². The fraction of sp³-hybridized carbons (Fsp3) is 0.417. The van der Waals surface area contributed by atoms with Gasteiger partial charge < -0.3 is 20.3 Å². The smallest absolute Gasteiger partial charge is 0.145 e. The molecule has 6 nitrogen and oxygen atoms in total. The molecule has 2 N–H and O–H groups in total. The van der Waals surface area contributed by atoms with Gasteiger partial charge in [-0.1, -0.05) is 0 Å². The zero-order valence-corrected chi connectivity index (χ0v) is 21.5. The van der Waals surface area contributed by atoms with Gasteiger partial charge in [0.1, 0.15) is 23.2 Å². The molecule has 1 saturated heterocycles. The van der Waals surface area contributed by atoms with Crippen LogP contribution in [0.1, 0.15) is 18.4 Å². The molecule has 0 radical (unpaired) electrons. The van der Waals surface area contributed by atoms with E-state index in [9.17, 15) is 4.39 Å². The summed E-state index contributed by atoms with van der Waals surface area (Å²) in [4.78, 5) is 12.6. The molecule has 0 bridgehead atoms. The lowest BCUT2D eigenvalue weighted by molar-refractivity contribution is 0.221. The third kappa shape index (κ3) is 5.97. The van der Waals surface area contributed by atoms with Crippen LogP contribution in [-0.2, 0) is 6.42 Å². The van der Waals surface area contributed by atoms with Gasteiger partial charge in [-0.3, -0.25) is 4.98 Å². The molecule has 2 aliphatic heterocycles. The van der Waals surface area contributed by atoms with Crippen LogP contribution in [0.3, 0.4) is 0 Å². The summed E-state index contributed by atoms with van der Waals surface area (Å²) < 4.78 is 19.9. The van der Waals surface area contributed by atoms with Crippen molar-refractivity contribution in [1.29, 1.82) is 0 Å². The van der Waals surface area contributed by atoms with Crippen LogP contribution >= 0.6 is 36.6 Å².